The standard InChI is InChI=1S/C122H78B2N4/c1-9-31-79(32-10-1)91-63-92(80-33-11-2-12-34-80)68-99(67-91)87-47-25-49-103(75-87)125-113-57-29-51-105-107-53-27-55-109-119(107)127(123(117(105)113)111-61-59-89(77-115(111)125)101-71-95(83-39-17-5-18-40-83)65-96(72-101)84-41-19-6-20-42-84)121-110-56-28-54-108-106-52-30-58-114-118(106)124(128(120(108)110)122(109)121)112-62-60-90(102-73-97(85-43-21-7-22-44-85)66-98(74-102)86-45-23-8-24-46-86)78-116(112)126(114)104-50-26-48-88(76-104)100-69-93(81-35-13-3-14-36-81)64-94(70-100)82-37-15-4-16-38-82/h1-78H. The molecule has 6 heterocycles. The molecule has 26 rings (SSSR count). The molecule has 22 aromatic rings. The van der Waals surface area contributed by atoms with E-state index in [1.165, 1.54) is 166 Å². The highest BCUT2D eigenvalue weighted by molar-refractivity contribution is 6.92. The van der Waals surface area contributed by atoms with E-state index in [-0.39, 0.29) is 13.7 Å². The van der Waals surface area contributed by atoms with Gasteiger partial charge in [-0.25, -0.2) is 0 Å². The monoisotopic (exact) mass is 1620 g/mol. The van der Waals surface area contributed by atoms with Crippen LogP contribution < -0.4 is 31.7 Å². The summed E-state index contributed by atoms with van der Waals surface area (Å²) in [5.74, 6) is 0. The van der Waals surface area contributed by atoms with Crippen LogP contribution in [0.1, 0.15) is 0 Å². The minimum atomic E-state index is -0.263. The van der Waals surface area contributed by atoms with Crippen LogP contribution in [0.3, 0.4) is 0 Å². The number of hydrogen-bond donors (Lipinski definition) is 0. The Morgan fingerprint density at radius 1 is 0.141 bits per heavy atom. The molecule has 0 atom stereocenters. The molecule has 20 aromatic carbocycles. The first-order valence-corrected chi connectivity index (χ1v) is 44.5. The van der Waals surface area contributed by atoms with Crippen molar-refractivity contribution in [2.45, 2.75) is 0 Å². The second kappa shape index (κ2) is 29.6. The van der Waals surface area contributed by atoms with Crippen molar-refractivity contribution in [2.75, 3.05) is 9.80 Å². The maximum atomic E-state index is 2.81. The average molecular weight is 1620 g/mol. The van der Waals surface area contributed by atoms with Crippen molar-refractivity contribution in [2.24, 2.45) is 0 Å². The average Bonchev–Trinajstić information content (AvgIpc) is 1.48. The summed E-state index contributed by atoms with van der Waals surface area (Å²) in [6, 6.07) is 178. The molecule has 0 N–H and O–H groups in total. The first kappa shape index (κ1) is 73.0. The number of fused-ring (bicyclic) bond motifs is 13. The van der Waals surface area contributed by atoms with Gasteiger partial charge in [-0.3, -0.25) is 0 Å². The lowest BCUT2D eigenvalue weighted by Gasteiger charge is -2.41. The number of para-hydroxylation sites is 2. The van der Waals surface area contributed by atoms with Gasteiger partial charge < -0.3 is 18.8 Å². The minimum absolute atomic E-state index is 0.263. The molecular weight excluding hydrogens is 1540 g/mol. The summed E-state index contributed by atoms with van der Waals surface area (Å²) in [6.45, 7) is -0.526. The molecular formula is C122H78B2N4. The van der Waals surface area contributed by atoms with E-state index in [1.54, 1.807) is 0 Å². The zero-order valence-electron chi connectivity index (χ0n) is 70.0. The third kappa shape index (κ3) is 11.9. The fourth-order valence-corrected chi connectivity index (χ4v) is 21.6. The number of rotatable bonds is 14. The second-order valence-electron chi connectivity index (χ2n) is 34.6. The lowest BCUT2D eigenvalue weighted by molar-refractivity contribution is 1.25. The smallest absolute Gasteiger partial charge is 0.333 e. The number of hydrogen-bond acceptors (Lipinski definition) is 2. The van der Waals surface area contributed by atoms with Crippen LogP contribution in [0.15, 0.2) is 473 Å². The van der Waals surface area contributed by atoms with Crippen molar-refractivity contribution in [3.63, 3.8) is 0 Å². The Kier molecular flexibility index (Phi) is 16.9. The summed E-state index contributed by atoms with van der Waals surface area (Å²) in [6.07, 6.45) is 0. The number of aromatic nitrogens is 2. The van der Waals surface area contributed by atoms with E-state index in [0.29, 0.717) is 0 Å². The lowest BCUT2D eigenvalue weighted by Crippen LogP contribution is -2.56. The molecule has 4 nitrogen and oxygen atoms in total. The zero-order valence-corrected chi connectivity index (χ0v) is 70.0. The first-order chi connectivity index (χ1) is 63.5. The second-order valence-corrected chi connectivity index (χ2v) is 34.6. The van der Waals surface area contributed by atoms with Crippen LogP contribution in [0.25, 0.3) is 189 Å². The zero-order chi connectivity index (χ0) is 84.0. The summed E-state index contributed by atoms with van der Waals surface area (Å²) >= 11 is 0. The van der Waals surface area contributed by atoms with E-state index in [4.69, 9.17) is 0 Å². The van der Waals surface area contributed by atoms with Gasteiger partial charge in [0.2, 0.25) is 0 Å². The Labute approximate surface area is 745 Å². The van der Waals surface area contributed by atoms with Gasteiger partial charge in [-0.2, -0.15) is 0 Å². The van der Waals surface area contributed by atoms with Crippen LogP contribution in [0, 0.1) is 0 Å². The highest BCUT2D eigenvalue weighted by Gasteiger charge is 2.48. The highest BCUT2D eigenvalue weighted by atomic mass is 15.2. The minimum Gasteiger partial charge on any atom is -0.374 e. The molecule has 6 heteroatoms. The topological polar surface area (TPSA) is 16.3 Å². The molecule has 0 saturated carbocycles. The normalized spacial score (nSPS) is 12.5. The summed E-state index contributed by atoms with van der Waals surface area (Å²) in [4.78, 5) is 5.21. The Hall–Kier alpha value is -16.5. The van der Waals surface area contributed by atoms with E-state index < -0.39 is 0 Å². The van der Waals surface area contributed by atoms with Gasteiger partial charge in [0.25, 0.3) is 0 Å². The number of benzene rings is 20. The molecule has 0 saturated heterocycles. The Bertz CT molecular complexity index is 7520. The maximum Gasteiger partial charge on any atom is 0.333 e. The van der Waals surface area contributed by atoms with Gasteiger partial charge >= 0.3 is 13.7 Å². The van der Waals surface area contributed by atoms with Gasteiger partial charge in [-0.15, -0.1) is 0 Å². The van der Waals surface area contributed by atoms with Crippen molar-refractivity contribution >= 4 is 103 Å². The molecule has 4 aliphatic rings. The van der Waals surface area contributed by atoms with Crippen molar-refractivity contribution in [1.82, 2.24) is 8.96 Å². The predicted molar refractivity (Wildman–Crippen MR) is 541 cm³/mol. The molecule has 0 fully saturated rings. The molecule has 128 heavy (non-hydrogen) atoms. The van der Waals surface area contributed by atoms with Gasteiger partial charge in [0.15, 0.2) is 0 Å². The summed E-state index contributed by atoms with van der Waals surface area (Å²) in [7, 11) is 0. The maximum absolute atomic E-state index is 2.81. The first-order valence-electron chi connectivity index (χ1n) is 44.5. The van der Waals surface area contributed by atoms with Crippen LogP contribution in [0.5, 0.6) is 0 Å². The van der Waals surface area contributed by atoms with Crippen LogP contribution >= 0.6 is 0 Å². The third-order valence-corrected chi connectivity index (χ3v) is 27.3. The fourth-order valence-electron chi connectivity index (χ4n) is 21.6. The Morgan fingerprint density at radius 3 is 0.641 bits per heavy atom. The van der Waals surface area contributed by atoms with E-state index in [9.17, 15) is 0 Å². The number of anilines is 6. The van der Waals surface area contributed by atoms with Crippen LogP contribution in [0.4, 0.5) is 34.1 Å². The summed E-state index contributed by atoms with van der Waals surface area (Å²) < 4.78 is 5.62. The molecule has 0 amide bonds. The van der Waals surface area contributed by atoms with Gasteiger partial charge in [-0.1, -0.05) is 352 Å². The quantitative estimate of drug-likeness (QED) is 0.101. The van der Waals surface area contributed by atoms with Crippen LogP contribution in [-0.4, -0.2) is 22.7 Å². The lowest BCUT2D eigenvalue weighted by atomic mass is 9.45. The van der Waals surface area contributed by atoms with E-state index in [2.05, 4.69) is 492 Å². The van der Waals surface area contributed by atoms with Gasteiger partial charge in [0.05, 0.1) is 11.0 Å². The van der Waals surface area contributed by atoms with E-state index in [0.717, 1.165) is 78.6 Å². The molecule has 0 spiro atoms. The molecule has 2 aromatic heterocycles. The number of nitrogens with zero attached hydrogens (tertiary/aromatic N) is 4. The largest absolute Gasteiger partial charge is 0.374 e. The third-order valence-electron chi connectivity index (χ3n) is 27.3. The van der Waals surface area contributed by atoms with Crippen LogP contribution in [-0.2, 0) is 0 Å². The SMILES string of the molecule is c1ccc(-c2cc(-c3ccccc3)cc(-c3cccc(N4c5cc(-c6cc(-c7ccccc7)cc(-c7ccccc7)c6)ccc5B5c6c(cccc64)-c4cccc6c4n5c4c5cccc7c5n(c64)B4c5ccc(-c6cc(-c8ccccc8)cc(-c8ccccc8)c6)cc5N(c5cccc(-c6cc(-c8ccccc8)cc(-c8ccccc8)c6)c5)c5cccc-7c54)c3)c2)cc1. The molecule has 592 valence electrons. The molecule has 0 aliphatic carbocycles. The fraction of sp³-hybridized carbons (Fsp3) is 0. The highest BCUT2D eigenvalue weighted by Crippen LogP contribution is 2.54. The molecule has 4 aliphatic heterocycles. The van der Waals surface area contributed by atoms with Gasteiger partial charge in [0.1, 0.15) is 0 Å². The van der Waals surface area contributed by atoms with Crippen molar-refractivity contribution in [1.29, 1.82) is 0 Å². The predicted octanol–water partition coefficient (Wildman–Crippen LogP) is 29.6. The van der Waals surface area contributed by atoms with Crippen molar-refractivity contribution in [3.05, 3.63) is 473 Å². The summed E-state index contributed by atoms with van der Waals surface area (Å²) in [5, 5.41) is 2.46. The van der Waals surface area contributed by atoms with Gasteiger partial charge in [0, 0.05) is 67.1 Å². The van der Waals surface area contributed by atoms with Crippen molar-refractivity contribution in [3.8, 4) is 156 Å². The molecule has 0 bridgehead atoms. The Balaban J connectivity index is 0.703. The van der Waals surface area contributed by atoms with E-state index in [1.807, 2.05) is 0 Å². The van der Waals surface area contributed by atoms with Crippen molar-refractivity contribution < 1.29 is 0 Å². The van der Waals surface area contributed by atoms with Crippen LogP contribution in [0.2, 0.25) is 0 Å². The summed E-state index contributed by atoms with van der Waals surface area (Å²) in [5.41, 5.74) is 49.6. The molecule has 0 unspecified atom stereocenters. The molecule has 0 radical (unpaired) electrons. The van der Waals surface area contributed by atoms with E-state index >= 15 is 0 Å². The van der Waals surface area contributed by atoms with Gasteiger partial charge in [-0.05, 0) is 288 Å². The Morgan fingerprint density at radius 2 is 0.367 bits per heavy atom.